The molecule has 1 aliphatic heterocycles. The summed E-state index contributed by atoms with van der Waals surface area (Å²) in [6, 6.07) is 0.433. The molecule has 0 saturated carbocycles. The SMILES string of the molecule is CC(C)CC(=O)N1CCN(C(C)CN)CC1. The van der Waals surface area contributed by atoms with Gasteiger partial charge in [-0.25, -0.2) is 0 Å². The molecule has 1 aliphatic rings. The summed E-state index contributed by atoms with van der Waals surface area (Å²) in [5.41, 5.74) is 5.64. The van der Waals surface area contributed by atoms with E-state index in [1.165, 1.54) is 0 Å². The van der Waals surface area contributed by atoms with Crippen molar-refractivity contribution < 1.29 is 4.79 Å². The zero-order chi connectivity index (χ0) is 12.1. The topological polar surface area (TPSA) is 49.6 Å². The van der Waals surface area contributed by atoms with Crippen LogP contribution >= 0.6 is 0 Å². The standard InChI is InChI=1S/C12H25N3O/c1-10(2)8-12(16)15-6-4-14(5-7-15)11(3)9-13/h10-11H,4-9,13H2,1-3H3. The molecule has 4 heteroatoms. The molecule has 0 spiro atoms. The maximum atomic E-state index is 11.8. The molecule has 0 bridgehead atoms. The quantitative estimate of drug-likeness (QED) is 0.762. The van der Waals surface area contributed by atoms with Crippen molar-refractivity contribution in [3.05, 3.63) is 0 Å². The second-order valence-corrected chi connectivity index (χ2v) is 5.10. The van der Waals surface area contributed by atoms with Gasteiger partial charge in [0.2, 0.25) is 5.91 Å². The summed E-state index contributed by atoms with van der Waals surface area (Å²) >= 11 is 0. The van der Waals surface area contributed by atoms with Crippen molar-refractivity contribution in [3.8, 4) is 0 Å². The van der Waals surface area contributed by atoms with Crippen molar-refractivity contribution in [2.45, 2.75) is 33.2 Å². The Bertz CT molecular complexity index is 222. The van der Waals surface area contributed by atoms with Crippen LogP contribution in [0.1, 0.15) is 27.2 Å². The number of hydrogen-bond donors (Lipinski definition) is 1. The second kappa shape index (κ2) is 6.21. The van der Waals surface area contributed by atoms with Crippen LogP contribution in [0, 0.1) is 5.92 Å². The lowest BCUT2D eigenvalue weighted by Crippen LogP contribution is -2.52. The Morgan fingerprint density at radius 3 is 2.19 bits per heavy atom. The smallest absolute Gasteiger partial charge is 0.222 e. The molecule has 1 saturated heterocycles. The molecule has 0 radical (unpaired) electrons. The monoisotopic (exact) mass is 227 g/mol. The molecule has 1 unspecified atom stereocenters. The van der Waals surface area contributed by atoms with Crippen LogP contribution in [-0.4, -0.2) is 54.5 Å². The van der Waals surface area contributed by atoms with E-state index in [-0.39, 0.29) is 0 Å². The first-order valence-corrected chi connectivity index (χ1v) is 6.26. The third kappa shape index (κ3) is 3.76. The Balaban J connectivity index is 2.34. The summed E-state index contributed by atoms with van der Waals surface area (Å²) in [7, 11) is 0. The van der Waals surface area contributed by atoms with E-state index < -0.39 is 0 Å². The molecule has 2 N–H and O–H groups in total. The average molecular weight is 227 g/mol. The first-order valence-electron chi connectivity index (χ1n) is 6.26. The van der Waals surface area contributed by atoms with Crippen molar-refractivity contribution in [2.75, 3.05) is 32.7 Å². The molecular weight excluding hydrogens is 202 g/mol. The zero-order valence-electron chi connectivity index (χ0n) is 10.8. The van der Waals surface area contributed by atoms with Gasteiger partial charge >= 0.3 is 0 Å². The van der Waals surface area contributed by atoms with Gasteiger partial charge in [-0.2, -0.15) is 0 Å². The normalized spacial score (nSPS) is 20.2. The van der Waals surface area contributed by atoms with Crippen LogP contribution in [0.25, 0.3) is 0 Å². The highest BCUT2D eigenvalue weighted by atomic mass is 16.2. The molecule has 0 aliphatic carbocycles. The maximum Gasteiger partial charge on any atom is 0.222 e. The molecule has 94 valence electrons. The van der Waals surface area contributed by atoms with E-state index in [9.17, 15) is 4.79 Å². The summed E-state index contributed by atoms with van der Waals surface area (Å²) in [6.45, 7) is 10.6. The van der Waals surface area contributed by atoms with Gasteiger partial charge in [-0.1, -0.05) is 13.8 Å². The van der Waals surface area contributed by atoms with Gasteiger partial charge < -0.3 is 10.6 Å². The molecular formula is C12H25N3O. The fourth-order valence-corrected chi connectivity index (χ4v) is 2.04. The Morgan fingerprint density at radius 2 is 1.75 bits per heavy atom. The van der Waals surface area contributed by atoms with E-state index in [2.05, 4.69) is 25.7 Å². The lowest BCUT2D eigenvalue weighted by Gasteiger charge is -2.38. The minimum atomic E-state index is 0.301. The molecule has 1 heterocycles. The molecule has 0 aromatic carbocycles. The lowest BCUT2D eigenvalue weighted by atomic mass is 10.1. The minimum Gasteiger partial charge on any atom is -0.340 e. The van der Waals surface area contributed by atoms with Crippen LogP contribution < -0.4 is 5.73 Å². The van der Waals surface area contributed by atoms with Gasteiger partial charge in [0.15, 0.2) is 0 Å². The largest absolute Gasteiger partial charge is 0.340 e. The van der Waals surface area contributed by atoms with Crippen LogP contribution in [0.5, 0.6) is 0 Å². The van der Waals surface area contributed by atoms with Crippen molar-refractivity contribution in [3.63, 3.8) is 0 Å². The van der Waals surface area contributed by atoms with Crippen LogP contribution in [0.2, 0.25) is 0 Å². The van der Waals surface area contributed by atoms with Crippen molar-refractivity contribution in [1.29, 1.82) is 0 Å². The Hall–Kier alpha value is -0.610. The van der Waals surface area contributed by atoms with Crippen molar-refractivity contribution >= 4 is 5.91 Å². The predicted octanol–water partition coefficient (Wildman–Crippen LogP) is 0.524. The van der Waals surface area contributed by atoms with E-state index >= 15 is 0 Å². The summed E-state index contributed by atoms with van der Waals surface area (Å²) < 4.78 is 0. The summed E-state index contributed by atoms with van der Waals surface area (Å²) in [5.74, 6) is 0.753. The highest BCUT2D eigenvalue weighted by molar-refractivity contribution is 5.76. The van der Waals surface area contributed by atoms with E-state index in [0.717, 1.165) is 26.2 Å². The molecule has 1 fully saturated rings. The van der Waals surface area contributed by atoms with Gasteiger partial charge in [-0.15, -0.1) is 0 Å². The molecule has 0 aromatic heterocycles. The van der Waals surface area contributed by atoms with Gasteiger partial charge in [0.05, 0.1) is 0 Å². The molecule has 1 atom stereocenters. The first-order chi connectivity index (χ1) is 7.54. The highest BCUT2D eigenvalue weighted by Gasteiger charge is 2.23. The van der Waals surface area contributed by atoms with Crippen molar-refractivity contribution in [2.24, 2.45) is 11.7 Å². The fourth-order valence-electron chi connectivity index (χ4n) is 2.04. The van der Waals surface area contributed by atoms with Crippen LogP contribution in [0.15, 0.2) is 0 Å². The molecule has 1 rings (SSSR count). The number of carbonyl (C=O) groups excluding carboxylic acids is 1. The average Bonchev–Trinajstić information content (AvgIpc) is 2.27. The van der Waals surface area contributed by atoms with Gasteiger partial charge in [-0.3, -0.25) is 9.69 Å². The van der Waals surface area contributed by atoms with E-state index in [4.69, 9.17) is 5.73 Å². The highest BCUT2D eigenvalue weighted by Crippen LogP contribution is 2.09. The molecule has 1 amide bonds. The summed E-state index contributed by atoms with van der Waals surface area (Å²) in [5, 5.41) is 0. The summed E-state index contributed by atoms with van der Waals surface area (Å²) in [6.07, 6.45) is 0.673. The second-order valence-electron chi connectivity index (χ2n) is 5.10. The summed E-state index contributed by atoms with van der Waals surface area (Å²) in [4.78, 5) is 16.2. The number of rotatable bonds is 4. The van der Waals surface area contributed by atoms with Gasteiger partial charge in [0.1, 0.15) is 0 Å². The Labute approximate surface area is 98.8 Å². The van der Waals surface area contributed by atoms with Crippen molar-refractivity contribution in [1.82, 2.24) is 9.80 Å². The van der Waals surface area contributed by atoms with E-state index in [1.807, 2.05) is 4.90 Å². The number of piperazine rings is 1. The van der Waals surface area contributed by atoms with Gasteiger partial charge in [0.25, 0.3) is 0 Å². The number of hydrogen-bond acceptors (Lipinski definition) is 3. The Morgan fingerprint density at radius 1 is 1.19 bits per heavy atom. The molecule has 4 nitrogen and oxygen atoms in total. The van der Waals surface area contributed by atoms with Crippen LogP contribution in [0.4, 0.5) is 0 Å². The first kappa shape index (κ1) is 13.5. The third-order valence-electron chi connectivity index (χ3n) is 3.21. The third-order valence-corrected chi connectivity index (χ3v) is 3.21. The number of amides is 1. The predicted molar refractivity (Wildman–Crippen MR) is 66.1 cm³/mol. The minimum absolute atomic E-state index is 0.301. The fraction of sp³-hybridized carbons (Fsp3) is 0.917. The number of nitrogens with two attached hydrogens (primary N) is 1. The maximum absolute atomic E-state index is 11.8. The van der Waals surface area contributed by atoms with Crippen LogP contribution in [-0.2, 0) is 4.79 Å². The Kier molecular flexibility index (Phi) is 5.22. The lowest BCUT2D eigenvalue weighted by molar-refractivity contribution is -0.134. The van der Waals surface area contributed by atoms with E-state index in [1.54, 1.807) is 0 Å². The van der Waals surface area contributed by atoms with E-state index in [0.29, 0.717) is 30.8 Å². The number of carbonyl (C=O) groups is 1. The molecule has 16 heavy (non-hydrogen) atoms. The zero-order valence-corrected chi connectivity index (χ0v) is 10.8. The van der Waals surface area contributed by atoms with Gasteiger partial charge in [0, 0.05) is 45.2 Å². The number of nitrogens with zero attached hydrogens (tertiary/aromatic N) is 2. The molecule has 0 aromatic rings. The van der Waals surface area contributed by atoms with Gasteiger partial charge in [-0.05, 0) is 12.8 Å². The van der Waals surface area contributed by atoms with Crippen LogP contribution in [0.3, 0.4) is 0 Å².